The highest BCUT2D eigenvalue weighted by Crippen LogP contribution is 2.68. The quantitative estimate of drug-likeness (QED) is 0.308. The highest BCUT2D eigenvalue weighted by molar-refractivity contribution is 5.69. The third-order valence-electron chi connectivity index (χ3n) is 11.6. The van der Waals surface area contributed by atoms with Crippen LogP contribution in [0.4, 0.5) is 0 Å². The van der Waals surface area contributed by atoms with E-state index in [1.807, 2.05) is 0 Å². The molecule has 202 valence electrons. The van der Waals surface area contributed by atoms with Crippen molar-refractivity contribution in [3.8, 4) is 0 Å². The number of carbonyl (C=O) groups is 1. The Bertz CT molecular complexity index is 728. The summed E-state index contributed by atoms with van der Waals surface area (Å²) in [5, 5.41) is 19.0. The summed E-state index contributed by atoms with van der Waals surface area (Å²) in [5.74, 6) is 3.53. The molecule has 0 aromatic heterocycles. The summed E-state index contributed by atoms with van der Waals surface area (Å²) < 4.78 is 4.91. The van der Waals surface area contributed by atoms with E-state index in [1.54, 1.807) is 0 Å². The lowest BCUT2D eigenvalue weighted by molar-refractivity contribution is -0.167. The average molecular weight is 491 g/mol. The van der Waals surface area contributed by atoms with Crippen molar-refractivity contribution < 1.29 is 14.6 Å². The van der Waals surface area contributed by atoms with Gasteiger partial charge in [0, 0.05) is 31.6 Å². The number of aliphatic hydroxyl groups excluding tert-OH is 1. The summed E-state index contributed by atoms with van der Waals surface area (Å²) >= 11 is 0. The molecule has 3 unspecified atom stereocenters. The second kappa shape index (κ2) is 11.0. The standard InChI is InChI=1S/C30H54N2O3/c1-19(2)31-15-16-32-22-11-13-29(4)21(17-22)18-26(33)28-24-9-8-23(20(3)7-10-27(34)35-6)30(24,5)14-12-25(28)29/h19-26,28,31-33H,7-18H2,1-6H3/t20-,21-,22+,23-,24?,25?,26-,28?,29+,30-/m1/s1. The molecule has 0 spiro atoms. The Morgan fingerprint density at radius 2 is 1.71 bits per heavy atom. The number of nitrogens with one attached hydrogen (secondary N) is 2. The molecule has 0 aromatic carbocycles. The molecule has 5 nitrogen and oxygen atoms in total. The second-order valence-electron chi connectivity index (χ2n) is 13.7. The molecule has 0 amide bonds. The number of aliphatic hydroxyl groups is 1. The van der Waals surface area contributed by atoms with Gasteiger partial charge in [0.05, 0.1) is 13.2 Å². The van der Waals surface area contributed by atoms with Gasteiger partial charge in [-0.15, -0.1) is 0 Å². The van der Waals surface area contributed by atoms with Gasteiger partial charge in [0.25, 0.3) is 0 Å². The van der Waals surface area contributed by atoms with E-state index >= 15 is 0 Å². The molecule has 4 aliphatic carbocycles. The van der Waals surface area contributed by atoms with Crippen LogP contribution in [-0.2, 0) is 9.53 Å². The van der Waals surface area contributed by atoms with E-state index in [0.717, 1.165) is 25.9 Å². The Labute approximate surface area is 214 Å². The van der Waals surface area contributed by atoms with Crippen molar-refractivity contribution >= 4 is 5.97 Å². The molecular formula is C30H54N2O3. The maximum Gasteiger partial charge on any atom is 0.305 e. The summed E-state index contributed by atoms with van der Waals surface area (Å²) in [6, 6.07) is 1.14. The topological polar surface area (TPSA) is 70.6 Å². The molecule has 0 aromatic rings. The molecule has 10 atom stereocenters. The lowest BCUT2D eigenvalue weighted by Crippen LogP contribution is -2.59. The first kappa shape index (κ1) is 27.4. The van der Waals surface area contributed by atoms with Crippen molar-refractivity contribution in [2.45, 2.75) is 117 Å². The minimum Gasteiger partial charge on any atom is -0.469 e. The minimum atomic E-state index is -0.145. The van der Waals surface area contributed by atoms with Crippen LogP contribution in [0.15, 0.2) is 0 Å². The zero-order valence-electron chi connectivity index (χ0n) is 23.4. The van der Waals surface area contributed by atoms with Crippen LogP contribution in [-0.4, -0.2) is 49.5 Å². The Morgan fingerprint density at radius 3 is 2.43 bits per heavy atom. The first-order valence-electron chi connectivity index (χ1n) is 14.8. The van der Waals surface area contributed by atoms with Gasteiger partial charge >= 0.3 is 5.97 Å². The predicted octanol–water partition coefficient (Wildman–Crippen LogP) is 5.16. The summed E-state index contributed by atoms with van der Waals surface area (Å²) in [4.78, 5) is 11.8. The molecule has 35 heavy (non-hydrogen) atoms. The van der Waals surface area contributed by atoms with E-state index in [0.29, 0.717) is 64.8 Å². The van der Waals surface area contributed by atoms with Crippen LogP contribution in [0.3, 0.4) is 0 Å². The fraction of sp³-hybridized carbons (Fsp3) is 0.967. The molecule has 0 aliphatic heterocycles. The van der Waals surface area contributed by atoms with E-state index < -0.39 is 0 Å². The number of ether oxygens (including phenoxy) is 1. The third kappa shape index (κ3) is 5.34. The van der Waals surface area contributed by atoms with Crippen molar-refractivity contribution in [3.05, 3.63) is 0 Å². The molecule has 0 bridgehead atoms. The smallest absolute Gasteiger partial charge is 0.305 e. The summed E-state index contributed by atoms with van der Waals surface area (Å²) in [6.07, 6.45) is 11.2. The van der Waals surface area contributed by atoms with Gasteiger partial charge < -0.3 is 20.5 Å². The van der Waals surface area contributed by atoms with E-state index in [4.69, 9.17) is 4.74 Å². The van der Waals surface area contributed by atoms with E-state index in [-0.39, 0.29) is 12.1 Å². The molecule has 0 heterocycles. The number of esters is 1. The van der Waals surface area contributed by atoms with Crippen LogP contribution in [0.25, 0.3) is 0 Å². The molecule has 0 saturated heterocycles. The van der Waals surface area contributed by atoms with Crippen LogP contribution >= 0.6 is 0 Å². The SMILES string of the molecule is COC(=O)CC[C@@H](C)[C@H]1CCC2C3C(CC[C@@]21C)[C@@]1(C)CC[C@H](NCCNC(C)C)C[C@@H]1C[C@H]3O. The highest BCUT2D eigenvalue weighted by Gasteiger charge is 2.62. The lowest BCUT2D eigenvalue weighted by Gasteiger charge is -2.62. The van der Waals surface area contributed by atoms with Gasteiger partial charge in [-0.1, -0.05) is 34.6 Å². The van der Waals surface area contributed by atoms with E-state index in [2.05, 4.69) is 45.3 Å². The van der Waals surface area contributed by atoms with E-state index in [1.165, 1.54) is 52.1 Å². The molecule has 4 fully saturated rings. The second-order valence-corrected chi connectivity index (χ2v) is 13.7. The van der Waals surface area contributed by atoms with Crippen molar-refractivity contribution in [2.24, 2.45) is 46.3 Å². The predicted molar refractivity (Wildman–Crippen MR) is 142 cm³/mol. The normalized spacial score (nSPS) is 43.8. The fourth-order valence-electron chi connectivity index (χ4n) is 9.67. The summed E-state index contributed by atoms with van der Waals surface area (Å²) in [6.45, 7) is 14.0. The molecule has 4 aliphatic rings. The van der Waals surface area contributed by atoms with Gasteiger partial charge in [-0.2, -0.15) is 0 Å². The summed E-state index contributed by atoms with van der Waals surface area (Å²) in [7, 11) is 1.49. The van der Waals surface area contributed by atoms with Crippen molar-refractivity contribution in [1.29, 1.82) is 0 Å². The van der Waals surface area contributed by atoms with Crippen LogP contribution in [0, 0.1) is 46.3 Å². The first-order chi connectivity index (χ1) is 16.6. The zero-order chi connectivity index (χ0) is 25.4. The van der Waals surface area contributed by atoms with Crippen LogP contribution in [0.5, 0.6) is 0 Å². The van der Waals surface area contributed by atoms with Crippen molar-refractivity contribution in [2.75, 3.05) is 20.2 Å². The largest absolute Gasteiger partial charge is 0.469 e. The first-order valence-corrected chi connectivity index (χ1v) is 14.8. The van der Waals surface area contributed by atoms with Crippen LogP contribution < -0.4 is 10.6 Å². The Kier molecular flexibility index (Phi) is 8.60. The summed E-state index contributed by atoms with van der Waals surface area (Å²) in [5.41, 5.74) is 0.692. The molecule has 5 heteroatoms. The number of hydrogen-bond donors (Lipinski definition) is 3. The molecular weight excluding hydrogens is 436 g/mol. The van der Waals surface area contributed by atoms with Gasteiger partial charge in [0.1, 0.15) is 0 Å². The van der Waals surface area contributed by atoms with Gasteiger partial charge in [-0.25, -0.2) is 0 Å². The van der Waals surface area contributed by atoms with Gasteiger partial charge in [0.15, 0.2) is 0 Å². The Morgan fingerprint density at radius 1 is 1.00 bits per heavy atom. The fourth-order valence-corrected chi connectivity index (χ4v) is 9.67. The number of fused-ring (bicyclic) bond motifs is 5. The maximum atomic E-state index is 11.8. The molecule has 4 saturated carbocycles. The van der Waals surface area contributed by atoms with E-state index in [9.17, 15) is 9.90 Å². The minimum absolute atomic E-state index is 0.0804. The number of rotatable bonds is 9. The maximum absolute atomic E-state index is 11.8. The Hall–Kier alpha value is -0.650. The number of methoxy groups -OCH3 is 1. The third-order valence-corrected chi connectivity index (χ3v) is 11.6. The van der Waals surface area contributed by atoms with Crippen LogP contribution in [0.1, 0.15) is 98.8 Å². The monoisotopic (exact) mass is 490 g/mol. The molecule has 0 radical (unpaired) electrons. The van der Waals surface area contributed by atoms with Gasteiger partial charge in [-0.05, 0) is 104 Å². The van der Waals surface area contributed by atoms with Crippen molar-refractivity contribution in [3.63, 3.8) is 0 Å². The number of hydrogen-bond acceptors (Lipinski definition) is 5. The lowest BCUT2D eigenvalue weighted by atomic mass is 9.43. The molecule has 4 rings (SSSR count). The van der Waals surface area contributed by atoms with Gasteiger partial charge in [0.2, 0.25) is 0 Å². The average Bonchev–Trinajstić information content (AvgIpc) is 3.17. The molecule has 3 N–H and O–H groups in total. The van der Waals surface area contributed by atoms with Gasteiger partial charge in [-0.3, -0.25) is 4.79 Å². The zero-order valence-corrected chi connectivity index (χ0v) is 23.4. The highest BCUT2D eigenvalue weighted by atomic mass is 16.5. The van der Waals surface area contributed by atoms with Crippen molar-refractivity contribution in [1.82, 2.24) is 10.6 Å². The number of carbonyl (C=O) groups excluding carboxylic acids is 1. The Balaban J connectivity index is 1.40. The van der Waals surface area contributed by atoms with Crippen LogP contribution in [0.2, 0.25) is 0 Å².